The first-order chi connectivity index (χ1) is 12.3. The van der Waals surface area contributed by atoms with Gasteiger partial charge in [0, 0.05) is 25.7 Å². The number of nitrogens with zero attached hydrogens (tertiary/aromatic N) is 3. The summed E-state index contributed by atoms with van der Waals surface area (Å²) in [7, 11) is 0. The molecule has 132 valence electrons. The fraction of sp³-hybridized carbons (Fsp3) is 0.389. The van der Waals surface area contributed by atoms with Crippen molar-refractivity contribution in [2.45, 2.75) is 19.4 Å². The number of carbonyl (C=O) groups excluding carboxylic acids is 1. The van der Waals surface area contributed by atoms with Crippen LogP contribution >= 0.6 is 0 Å². The number of rotatable bonds is 7. The maximum absolute atomic E-state index is 11.7. The molecule has 0 spiro atoms. The lowest BCUT2D eigenvalue weighted by atomic mass is 10.2. The van der Waals surface area contributed by atoms with Gasteiger partial charge >= 0.3 is 6.03 Å². The van der Waals surface area contributed by atoms with Crippen LogP contribution in [0.3, 0.4) is 0 Å². The van der Waals surface area contributed by atoms with Crippen LogP contribution in [-0.2, 0) is 6.54 Å². The van der Waals surface area contributed by atoms with Gasteiger partial charge in [0.15, 0.2) is 0 Å². The first-order valence-electron chi connectivity index (χ1n) is 8.57. The summed E-state index contributed by atoms with van der Waals surface area (Å²) in [6, 6.07) is 11.4. The largest absolute Gasteiger partial charge is 0.476 e. The van der Waals surface area contributed by atoms with Crippen molar-refractivity contribution >= 4 is 11.8 Å². The van der Waals surface area contributed by atoms with E-state index in [1.165, 1.54) is 19.2 Å². The number of urea groups is 1. The number of aromatic nitrogens is 2. The quantitative estimate of drug-likeness (QED) is 0.753. The highest BCUT2D eigenvalue weighted by atomic mass is 16.5. The van der Waals surface area contributed by atoms with Crippen molar-refractivity contribution in [2.75, 3.05) is 31.1 Å². The molecule has 1 aliphatic rings. The SMILES string of the molecule is O=C(NCCOc1cc(N2CCCC2)ncn1)NCc1ccccc1. The molecule has 2 aromatic rings. The Balaban J connectivity index is 1.35. The number of benzene rings is 1. The van der Waals surface area contributed by atoms with Crippen molar-refractivity contribution < 1.29 is 9.53 Å². The van der Waals surface area contributed by atoms with E-state index in [4.69, 9.17) is 4.74 Å². The Morgan fingerprint density at radius 1 is 1.12 bits per heavy atom. The van der Waals surface area contributed by atoms with Crippen molar-refractivity contribution in [3.8, 4) is 5.88 Å². The predicted molar refractivity (Wildman–Crippen MR) is 95.7 cm³/mol. The number of carbonyl (C=O) groups is 1. The normalized spacial score (nSPS) is 13.5. The summed E-state index contributed by atoms with van der Waals surface area (Å²) in [4.78, 5) is 22.4. The van der Waals surface area contributed by atoms with Gasteiger partial charge in [0.05, 0.1) is 6.54 Å². The Morgan fingerprint density at radius 2 is 1.92 bits per heavy atom. The molecule has 1 aliphatic heterocycles. The average Bonchev–Trinajstić information content (AvgIpc) is 3.19. The molecule has 0 bridgehead atoms. The first kappa shape index (κ1) is 17.0. The molecule has 7 nitrogen and oxygen atoms in total. The van der Waals surface area contributed by atoms with Crippen LogP contribution in [0.4, 0.5) is 10.6 Å². The van der Waals surface area contributed by atoms with Crippen LogP contribution in [0.5, 0.6) is 5.88 Å². The maximum atomic E-state index is 11.7. The molecule has 1 saturated heterocycles. The van der Waals surface area contributed by atoms with Crippen LogP contribution in [0.15, 0.2) is 42.7 Å². The Labute approximate surface area is 147 Å². The monoisotopic (exact) mass is 341 g/mol. The molecule has 0 unspecified atom stereocenters. The van der Waals surface area contributed by atoms with Gasteiger partial charge in [0.2, 0.25) is 5.88 Å². The van der Waals surface area contributed by atoms with Gasteiger partial charge in [-0.3, -0.25) is 0 Å². The van der Waals surface area contributed by atoms with Crippen molar-refractivity contribution in [1.29, 1.82) is 0 Å². The topological polar surface area (TPSA) is 79.4 Å². The summed E-state index contributed by atoms with van der Waals surface area (Å²) in [6.07, 6.45) is 3.91. The van der Waals surface area contributed by atoms with E-state index < -0.39 is 0 Å². The first-order valence-corrected chi connectivity index (χ1v) is 8.57. The van der Waals surface area contributed by atoms with Crippen LogP contribution in [0, 0.1) is 0 Å². The van der Waals surface area contributed by atoms with Crippen molar-refractivity contribution in [3.05, 3.63) is 48.3 Å². The number of amides is 2. The minimum Gasteiger partial charge on any atom is -0.476 e. The standard InChI is InChI=1S/C18H23N5O2/c24-18(20-13-15-6-2-1-3-7-15)19-8-11-25-17-12-16(21-14-22-17)23-9-4-5-10-23/h1-3,6-7,12,14H,4-5,8-11,13H2,(H2,19,20,24). The zero-order valence-corrected chi connectivity index (χ0v) is 14.1. The second kappa shape index (κ2) is 8.86. The number of hydrogen-bond donors (Lipinski definition) is 2. The molecule has 0 atom stereocenters. The summed E-state index contributed by atoms with van der Waals surface area (Å²) >= 11 is 0. The molecule has 2 N–H and O–H groups in total. The van der Waals surface area contributed by atoms with Crippen LogP contribution in [0.25, 0.3) is 0 Å². The van der Waals surface area contributed by atoms with Crippen LogP contribution in [-0.4, -0.2) is 42.2 Å². The molecule has 1 fully saturated rings. The molecule has 25 heavy (non-hydrogen) atoms. The molecule has 0 saturated carbocycles. The van der Waals surface area contributed by atoms with E-state index in [1.54, 1.807) is 0 Å². The molecule has 0 aliphatic carbocycles. The van der Waals surface area contributed by atoms with Gasteiger partial charge in [-0.2, -0.15) is 0 Å². The molecule has 2 amide bonds. The van der Waals surface area contributed by atoms with Crippen LogP contribution in [0.2, 0.25) is 0 Å². The second-order valence-corrected chi connectivity index (χ2v) is 5.85. The lowest BCUT2D eigenvalue weighted by Crippen LogP contribution is -2.37. The van der Waals surface area contributed by atoms with E-state index in [1.807, 2.05) is 36.4 Å². The Bertz CT molecular complexity index is 674. The van der Waals surface area contributed by atoms with Gasteiger partial charge in [-0.15, -0.1) is 0 Å². The number of hydrogen-bond acceptors (Lipinski definition) is 5. The van der Waals surface area contributed by atoms with Crippen molar-refractivity contribution in [3.63, 3.8) is 0 Å². The van der Waals surface area contributed by atoms with E-state index in [2.05, 4.69) is 25.5 Å². The second-order valence-electron chi connectivity index (χ2n) is 5.85. The molecule has 0 radical (unpaired) electrons. The third kappa shape index (κ3) is 5.34. The summed E-state index contributed by atoms with van der Waals surface area (Å²) in [5, 5.41) is 5.57. The Kier molecular flexibility index (Phi) is 6.03. The van der Waals surface area contributed by atoms with E-state index >= 15 is 0 Å². The lowest BCUT2D eigenvalue weighted by molar-refractivity contribution is 0.235. The molecular weight excluding hydrogens is 318 g/mol. The van der Waals surface area contributed by atoms with Gasteiger partial charge in [-0.1, -0.05) is 30.3 Å². The highest BCUT2D eigenvalue weighted by molar-refractivity contribution is 5.73. The van der Waals surface area contributed by atoms with Gasteiger partial charge < -0.3 is 20.3 Å². The van der Waals surface area contributed by atoms with Crippen LogP contribution in [0.1, 0.15) is 18.4 Å². The Morgan fingerprint density at radius 3 is 2.72 bits per heavy atom. The Hall–Kier alpha value is -2.83. The van der Waals surface area contributed by atoms with Crippen molar-refractivity contribution in [2.24, 2.45) is 0 Å². The zero-order chi connectivity index (χ0) is 17.3. The molecule has 3 rings (SSSR count). The third-order valence-electron chi connectivity index (χ3n) is 3.99. The number of anilines is 1. The fourth-order valence-corrected chi connectivity index (χ4v) is 2.69. The van der Waals surface area contributed by atoms with Crippen molar-refractivity contribution in [1.82, 2.24) is 20.6 Å². The van der Waals surface area contributed by atoms with E-state index in [0.717, 1.165) is 24.5 Å². The van der Waals surface area contributed by atoms with Gasteiger partial charge in [0.1, 0.15) is 18.8 Å². The molecule has 2 heterocycles. The zero-order valence-electron chi connectivity index (χ0n) is 14.1. The highest BCUT2D eigenvalue weighted by Gasteiger charge is 2.14. The number of ether oxygens (including phenoxy) is 1. The third-order valence-corrected chi connectivity index (χ3v) is 3.99. The average molecular weight is 341 g/mol. The van der Waals surface area contributed by atoms with Gasteiger partial charge in [-0.05, 0) is 18.4 Å². The maximum Gasteiger partial charge on any atom is 0.315 e. The summed E-state index contributed by atoms with van der Waals surface area (Å²) in [6.45, 7) is 3.32. The van der Waals surface area contributed by atoms with E-state index in [9.17, 15) is 4.79 Å². The number of nitrogens with one attached hydrogen (secondary N) is 2. The molecule has 7 heteroatoms. The summed E-state index contributed by atoms with van der Waals surface area (Å²) < 4.78 is 5.60. The van der Waals surface area contributed by atoms with Gasteiger partial charge in [0.25, 0.3) is 0 Å². The van der Waals surface area contributed by atoms with E-state index in [-0.39, 0.29) is 6.03 Å². The van der Waals surface area contributed by atoms with Crippen LogP contribution < -0.4 is 20.3 Å². The summed E-state index contributed by atoms with van der Waals surface area (Å²) in [5.74, 6) is 1.43. The predicted octanol–water partition coefficient (Wildman–Crippen LogP) is 1.95. The lowest BCUT2D eigenvalue weighted by Gasteiger charge is -2.16. The minimum atomic E-state index is -0.215. The summed E-state index contributed by atoms with van der Waals surface area (Å²) in [5.41, 5.74) is 1.06. The molecule has 1 aromatic heterocycles. The smallest absolute Gasteiger partial charge is 0.315 e. The minimum absolute atomic E-state index is 0.215. The fourth-order valence-electron chi connectivity index (χ4n) is 2.69. The van der Waals surface area contributed by atoms with Gasteiger partial charge in [-0.25, -0.2) is 14.8 Å². The highest BCUT2D eigenvalue weighted by Crippen LogP contribution is 2.20. The molecule has 1 aromatic carbocycles. The van der Waals surface area contributed by atoms with E-state index in [0.29, 0.717) is 25.6 Å². The molecular formula is C18H23N5O2.